The number of benzene rings is 3. The molecule has 0 unspecified atom stereocenters. The van der Waals surface area contributed by atoms with Crippen LogP contribution in [0.1, 0.15) is 26.3 Å². The Kier molecular flexibility index (Phi) is 6.31. The minimum atomic E-state index is -0.649. The highest BCUT2D eigenvalue weighted by atomic mass is 32.1. The second kappa shape index (κ2) is 9.07. The third-order valence-electron chi connectivity index (χ3n) is 4.11. The van der Waals surface area contributed by atoms with E-state index in [1.54, 1.807) is 42.5 Å². The molecule has 5 nitrogen and oxygen atoms in total. The quantitative estimate of drug-likeness (QED) is 0.557. The normalized spacial score (nSPS) is 10.1. The van der Waals surface area contributed by atoms with Crippen LogP contribution in [0.5, 0.6) is 0 Å². The van der Waals surface area contributed by atoms with E-state index < -0.39 is 11.7 Å². The zero-order valence-electron chi connectivity index (χ0n) is 15.5. The summed E-state index contributed by atoms with van der Waals surface area (Å²) < 4.78 is 13.7. The van der Waals surface area contributed by atoms with Gasteiger partial charge in [-0.05, 0) is 61.1 Å². The highest BCUT2D eigenvalue weighted by Crippen LogP contribution is 2.17. The summed E-state index contributed by atoms with van der Waals surface area (Å²) in [5.74, 6) is -1.51. The number of thiocarbonyl (C=S) groups is 1. The first kappa shape index (κ1) is 20.2. The first-order valence-electron chi connectivity index (χ1n) is 8.78. The van der Waals surface area contributed by atoms with E-state index >= 15 is 0 Å². The van der Waals surface area contributed by atoms with Gasteiger partial charge in [0.05, 0.1) is 5.56 Å². The molecular weight excluding hydrogens is 389 g/mol. The SMILES string of the molecule is Cc1ccccc1C(=O)Nc1cccc(NC(=S)NC(=O)c2ccccc2F)c1. The molecule has 0 aliphatic heterocycles. The summed E-state index contributed by atoms with van der Waals surface area (Å²) in [6.45, 7) is 1.86. The fourth-order valence-corrected chi connectivity index (χ4v) is 2.89. The van der Waals surface area contributed by atoms with Gasteiger partial charge in [-0.2, -0.15) is 0 Å². The smallest absolute Gasteiger partial charge is 0.260 e. The monoisotopic (exact) mass is 407 g/mol. The van der Waals surface area contributed by atoms with Crippen molar-refractivity contribution in [3.63, 3.8) is 0 Å². The average molecular weight is 407 g/mol. The van der Waals surface area contributed by atoms with Crippen molar-refractivity contribution in [3.05, 3.63) is 95.3 Å². The Labute approximate surface area is 173 Å². The van der Waals surface area contributed by atoms with E-state index in [4.69, 9.17) is 12.2 Å². The van der Waals surface area contributed by atoms with Crippen LogP contribution in [-0.4, -0.2) is 16.9 Å². The zero-order chi connectivity index (χ0) is 20.8. The molecular formula is C22H18FN3O2S. The standard InChI is InChI=1S/C22H18FN3O2S/c1-14-7-2-3-10-17(14)20(27)24-15-8-6-9-16(13-15)25-22(29)26-21(28)18-11-4-5-12-19(18)23/h2-13H,1H3,(H,24,27)(H2,25,26,28,29). The van der Waals surface area contributed by atoms with Crippen molar-refractivity contribution in [1.29, 1.82) is 0 Å². The van der Waals surface area contributed by atoms with Gasteiger partial charge in [-0.3, -0.25) is 14.9 Å². The highest BCUT2D eigenvalue weighted by Gasteiger charge is 2.13. The molecule has 29 heavy (non-hydrogen) atoms. The lowest BCUT2D eigenvalue weighted by molar-refractivity contribution is 0.0972. The van der Waals surface area contributed by atoms with E-state index in [2.05, 4.69) is 16.0 Å². The van der Waals surface area contributed by atoms with Gasteiger partial charge in [-0.1, -0.05) is 36.4 Å². The third kappa shape index (κ3) is 5.24. The lowest BCUT2D eigenvalue weighted by Gasteiger charge is -2.12. The van der Waals surface area contributed by atoms with Crippen molar-refractivity contribution in [2.45, 2.75) is 6.92 Å². The van der Waals surface area contributed by atoms with Crippen molar-refractivity contribution in [3.8, 4) is 0 Å². The highest BCUT2D eigenvalue weighted by molar-refractivity contribution is 7.80. The molecule has 0 saturated heterocycles. The number of nitrogens with one attached hydrogen (secondary N) is 3. The van der Waals surface area contributed by atoms with Gasteiger partial charge in [0.1, 0.15) is 5.82 Å². The van der Waals surface area contributed by atoms with Gasteiger partial charge in [0.2, 0.25) is 0 Å². The molecule has 0 aliphatic rings. The largest absolute Gasteiger partial charge is 0.332 e. The van der Waals surface area contributed by atoms with Gasteiger partial charge < -0.3 is 10.6 Å². The summed E-state index contributed by atoms with van der Waals surface area (Å²) in [5.41, 5.74) is 2.48. The molecule has 3 aromatic carbocycles. The third-order valence-corrected chi connectivity index (χ3v) is 4.32. The molecule has 0 spiro atoms. The lowest BCUT2D eigenvalue weighted by Crippen LogP contribution is -2.34. The first-order valence-corrected chi connectivity index (χ1v) is 9.19. The maximum Gasteiger partial charge on any atom is 0.260 e. The maximum absolute atomic E-state index is 13.7. The van der Waals surface area contributed by atoms with Crippen molar-refractivity contribution in [1.82, 2.24) is 5.32 Å². The van der Waals surface area contributed by atoms with Crippen molar-refractivity contribution in [2.75, 3.05) is 10.6 Å². The fourth-order valence-electron chi connectivity index (χ4n) is 2.68. The minimum Gasteiger partial charge on any atom is -0.332 e. The number of halogens is 1. The van der Waals surface area contributed by atoms with Crippen molar-refractivity contribution in [2.24, 2.45) is 0 Å². The number of hydrogen-bond donors (Lipinski definition) is 3. The van der Waals surface area contributed by atoms with E-state index in [1.165, 1.54) is 18.2 Å². The molecule has 0 fully saturated rings. The number of amides is 2. The van der Waals surface area contributed by atoms with Crippen LogP contribution in [0.3, 0.4) is 0 Å². The van der Waals surface area contributed by atoms with Gasteiger partial charge in [-0.25, -0.2) is 4.39 Å². The van der Waals surface area contributed by atoms with Gasteiger partial charge in [-0.15, -0.1) is 0 Å². The van der Waals surface area contributed by atoms with Crippen LogP contribution in [0.2, 0.25) is 0 Å². The van der Waals surface area contributed by atoms with Crippen LogP contribution < -0.4 is 16.0 Å². The number of aryl methyl sites for hydroxylation is 1. The summed E-state index contributed by atoms with van der Waals surface area (Å²) in [6, 6.07) is 19.8. The van der Waals surface area contributed by atoms with Gasteiger partial charge >= 0.3 is 0 Å². The first-order chi connectivity index (χ1) is 13.9. The summed E-state index contributed by atoms with van der Waals surface area (Å²) in [7, 11) is 0. The summed E-state index contributed by atoms with van der Waals surface area (Å²) >= 11 is 5.13. The van der Waals surface area contributed by atoms with E-state index in [1.807, 2.05) is 19.1 Å². The van der Waals surface area contributed by atoms with Crippen LogP contribution in [-0.2, 0) is 0 Å². The molecule has 0 aliphatic carbocycles. The molecule has 0 bridgehead atoms. The topological polar surface area (TPSA) is 70.2 Å². The molecule has 0 radical (unpaired) electrons. The van der Waals surface area contributed by atoms with Crippen LogP contribution >= 0.6 is 12.2 Å². The van der Waals surface area contributed by atoms with E-state index in [-0.39, 0.29) is 16.6 Å². The van der Waals surface area contributed by atoms with Gasteiger partial charge in [0, 0.05) is 16.9 Å². The number of carbonyl (C=O) groups is 2. The molecule has 0 saturated carbocycles. The molecule has 3 rings (SSSR count). The summed E-state index contributed by atoms with van der Waals surface area (Å²) in [5, 5.41) is 8.13. The summed E-state index contributed by atoms with van der Waals surface area (Å²) in [4.78, 5) is 24.6. The molecule has 146 valence electrons. The van der Waals surface area contributed by atoms with E-state index in [9.17, 15) is 14.0 Å². The minimum absolute atomic E-state index is 0.0145. The zero-order valence-corrected chi connectivity index (χ0v) is 16.3. The predicted octanol–water partition coefficient (Wildman–Crippen LogP) is 4.51. The number of anilines is 2. The summed E-state index contributed by atoms with van der Waals surface area (Å²) in [6.07, 6.45) is 0. The molecule has 7 heteroatoms. The Hall–Kier alpha value is -3.58. The van der Waals surface area contributed by atoms with E-state index in [0.717, 1.165) is 5.56 Å². The van der Waals surface area contributed by atoms with Gasteiger partial charge in [0.15, 0.2) is 5.11 Å². The average Bonchev–Trinajstić information content (AvgIpc) is 2.68. The fraction of sp³-hybridized carbons (Fsp3) is 0.0455. The molecule has 0 heterocycles. The number of hydrogen-bond acceptors (Lipinski definition) is 3. The van der Waals surface area contributed by atoms with Crippen molar-refractivity contribution < 1.29 is 14.0 Å². The second-order valence-corrected chi connectivity index (χ2v) is 6.65. The Bertz CT molecular complexity index is 1080. The number of carbonyl (C=O) groups excluding carboxylic acids is 2. The molecule has 3 aromatic rings. The molecule has 3 N–H and O–H groups in total. The second-order valence-electron chi connectivity index (χ2n) is 6.24. The molecule has 0 aromatic heterocycles. The van der Waals surface area contributed by atoms with Crippen LogP contribution in [0.4, 0.5) is 15.8 Å². The Morgan fingerprint density at radius 2 is 1.41 bits per heavy atom. The van der Waals surface area contributed by atoms with Crippen LogP contribution in [0, 0.1) is 12.7 Å². The Morgan fingerprint density at radius 1 is 0.793 bits per heavy atom. The van der Waals surface area contributed by atoms with E-state index in [0.29, 0.717) is 16.9 Å². The van der Waals surface area contributed by atoms with Crippen molar-refractivity contribution >= 4 is 40.5 Å². The predicted molar refractivity (Wildman–Crippen MR) is 116 cm³/mol. The lowest BCUT2D eigenvalue weighted by atomic mass is 10.1. The Morgan fingerprint density at radius 3 is 2.10 bits per heavy atom. The van der Waals surface area contributed by atoms with Crippen LogP contribution in [0.25, 0.3) is 0 Å². The molecule has 2 amide bonds. The molecule has 0 atom stereocenters. The van der Waals surface area contributed by atoms with Crippen LogP contribution in [0.15, 0.2) is 72.8 Å². The maximum atomic E-state index is 13.7. The van der Waals surface area contributed by atoms with Gasteiger partial charge in [0.25, 0.3) is 11.8 Å². The number of rotatable bonds is 4. The Balaban J connectivity index is 1.64.